The fraction of sp³-hybridized carbons (Fsp3) is 1.00. The first-order chi connectivity index (χ1) is 4.04. The van der Waals surface area contributed by atoms with Gasteiger partial charge in [-0.1, -0.05) is 31.9 Å². The molecule has 54 valence electrons. The summed E-state index contributed by atoms with van der Waals surface area (Å²) in [7, 11) is 0. The minimum Gasteiger partial charge on any atom is -0.616 e. The lowest BCUT2D eigenvalue weighted by Gasteiger charge is -2.42. The maximum absolute atomic E-state index is 10.7. The van der Waals surface area contributed by atoms with Crippen LogP contribution in [0, 0.1) is 11.3 Å². The molecule has 2 heteroatoms. The SMILES string of the molecule is CC(C)[C@]1(C)C[S@@+]([O-])C1. The van der Waals surface area contributed by atoms with Crippen LogP contribution >= 0.6 is 0 Å². The molecule has 0 aromatic heterocycles. The van der Waals surface area contributed by atoms with E-state index in [4.69, 9.17) is 0 Å². The van der Waals surface area contributed by atoms with Crippen molar-refractivity contribution < 1.29 is 4.55 Å². The highest BCUT2D eigenvalue weighted by atomic mass is 32.2. The lowest BCUT2D eigenvalue weighted by atomic mass is 9.82. The van der Waals surface area contributed by atoms with E-state index in [1.807, 2.05) is 0 Å². The summed E-state index contributed by atoms with van der Waals surface area (Å²) in [6.07, 6.45) is 0. The molecule has 0 aliphatic carbocycles. The van der Waals surface area contributed by atoms with E-state index in [1.54, 1.807) is 0 Å². The van der Waals surface area contributed by atoms with Crippen molar-refractivity contribution in [2.45, 2.75) is 20.8 Å². The first-order valence-corrected chi connectivity index (χ1v) is 4.88. The van der Waals surface area contributed by atoms with Gasteiger partial charge in [0.1, 0.15) is 11.5 Å². The van der Waals surface area contributed by atoms with Crippen LogP contribution in [0.25, 0.3) is 0 Å². The van der Waals surface area contributed by atoms with E-state index in [-0.39, 0.29) is 0 Å². The molecule has 0 bridgehead atoms. The average molecular weight is 146 g/mol. The van der Waals surface area contributed by atoms with Crippen molar-refractivity contribution in [3.63, 3.8) is 0 Å². The molecule has 9 heavy (non-hydrogen) atoms. The van der Waals surface area contributed by atoms with Gasteiger partial charge in [-0.2, -0.15) is 0 Å². The van der Waals surface area contributed by atoms with Gasteiger partial charge in [-0.15, -0.1) is 0 Å². The largest absolute Gasteiger partial charge is 0.616 e. The van der Waals surface area contributed by atoms with E-state index in [2.05, 4.69) is 20.8 Å². The zero-order valence-corrected chi connectivity index (χ0v) is 7.12. The quantitative estimate of drug-likeness (QED) is 0.513. The van der Waals surface area contributed by atoms with Crippen LogP contribution in [-0.2, 0) is 11.2 Å². The zero-order valence-electron chi connectivity index (χ0n) is 6.31. The third-order valence-electron chi connectivity index (χ3n) is 2.38. The van der Waals surface area contributed by atoms with Crippen molar-refractivity contribution in [1.82, 2.24) is 0 Å². The molecule has 0 aromatic rings. The average Bonchev–Trinajstić information content (AvgIpc) is 1.62. The Bertz CT molecular complexity index is 105. The highest BCUT2D eigenvalue weighted by molar-refractivity contribution is 7.92. The maximum atomic E-state index is 10.7. The van der Waals surface area contributed by atoms with E-state index in [0.717, 1.165) is 11.5 Å². The maximum Gasteiger partial charge on any atom is 0.115 e. The minimum atomic E-state index is -0.482. The lowest BCUT2D eigenvalue weighted by Crippen LogP contribution is -2.49. The number of hydrogen-bond acceptors (Lipinski definition) is 1. The predicted molar refractivity (Wildman–Crippen MR) is 40.8 cm³/mol. The van der Waals surface area contributed by atoms with Gasteiger partial charge in [-0.25, -0.2) is 0 Å². The van der Waals surface area contributed by atoms with Crippen molar-refractivity contribution in [1.29, 1.82) is 0 Å². The zero-order chi connectivity index (χ0) is 7.07. The highest BCUT2D eigenvalue weighted by Gasteiger charge is 2.46. The molecule has 1 rings (SSSR count). The summed E-state index contributed by atoms with van der Waals surface area (Å²) in [5.41, 5.74) is 0.394. The standard InChI is InChI=1S/C7H14OS/c1-6(2)7(3)4-9(8)5-7/h6H,4-5H2,1-3H3/t7-,9-. The Balaban J connectivity index is 2.40. The van der Waals surface area contributed by atoms with Crippen LogP contribution in [0.5, 0.6) is 0 Å². The van der Waals surface area contributed by atoms with Crippen LogP contribution < -0.4 is 0 Å². The number of hydrogen-bond donors (Lipinski definition) is 0. The fourth-order valence-electron chi connectivity index (χ4n) is 1.03. The topological polar surface area (TPSA) is 23.1 Å². The predicted octanol–water partition coefficient (Wildman–Crippen LogP) is 1.41. The summed E-state index contributed by atoms with van der Waals surface area (Å²) in [6, 6.07) is 0. The highest BCUT2D eigenvalue weighted by Crippen LogP contribution is 2.38. The Labute approximate surface area is 60.0 Å². The lowest BCUT2D eigenvalue weighted by molar-refractivity contribution is 0.260. The molecule has 1 fully saturated rings. The summed E-state index contributed by atoms with van der Waals surface area (Å²) >= 11 is -0.482. The molecule has 0 atom stereocenters. The van der Waals surface area contributed by atoms with Crippen molar-refractivity contribution in [2.75, 3.05) is 11.5 Å². The Morgan fingerprint density at radius 1 is 1.44 bits per heavy atom. The second-order valence-electron chi connectivity index (χ2n) is 3.54. The Morgan fingerprint density at radius 3 is 2.00 bits per heavy atom. The van der Waals surface area contributed by atoms with Crippen molar-refractivity contribution in [2.24, 2.45) is 11.3 Å². The Hall–Kier alpha value is 0.310. The van der Waals surface area contributed by atoms with Crippen LogP contribution in [0.4, 0.5) is 0 Å². The summed E-state index contributed by atoms with van der Waals surface area (Å²) in [5.74, 6) is 2.53. The smallest absolute Gasteiger partial charge is 0.115 e. The van der Waals surface area contributed by atoms with E-state index in [9.17, 15) is 4.55 Å². The summed E-state index contributed by atoms with van der Waals surface area (Å²) in [5, 5.41) is 0. The number of rotatable bonds is 1. The molecular formula is C7H14OS. The van der Waals surface area contributed by atoms with Gasteiger partial charge in [0.25, 0.3) is 0 Å². The molecule has 1 nitrogen and oxygen atoms in total. The van der Waals surface area contributed by atoms with E-state index >= 15 is 0 Å². The normalized spacial score (nSPS) is 43.0. The van der Waals surface area contributed by atoms with Gasteiger partial charge in [0.15, 0.2) is 0 Å². The van der Waals surface area contributed by atoms with Gasteiger partial charge in [-0.3, -0.25) is 0 Å². The molecule has 1 heterocycles. The molecule has 0 spiro atoms. The van der Waals surface area contributed by atoms with Crippen molar-refractivity contribution >= 4 is 11.2 Å². The van der Waals surface area contributed by atoms with Crippen LogP contribution in [0.3, 0.4) is 0 Å². The third-order valence-corrected chi connectivity index (χ3v) is 4.34. The Kier molecular flexibility index (Phi) is 1.79. The van der Waals surface area contributed by atoms with Gasteiger partial charge < -0.3 is 4.55 Å². The van der Waals surface area contributed by atoms with Crippen LogP contribution in [0.15, 0.2) is 0 Å². The molecule has 0 radical (unpaired) electrons. The molecular weight excluding hydrogens is 132 g/mol. The molecule has 1 aliphatic heterocycles. The van der Waals surface area contributed by atoms with Crippen LogP contribution in [0.2, 0.25) is 0 Å². The summed E-state index contributed by atoms with van der Waals surface area (Å²) in [6.45, 7) is 6.63. The summed E-state index contributed by atoms with van der Waals surface area (Å²) < 4.78 is 10.7. The van der Waals surface area contributed by atoms with E-state index in [0.29, 0.717) is 11.3 Å². The van der Waals surface area contributed by atoms with Crippen LogP contribution in [-0.4, -0.2) is 16.1 Å². The van der Waals surface area contributed by atoms with Crippen LogP contribution in [0.1, 0.15) is 20.8 Å². The second-order valence-corrected chi connectivity index (χ2v) is 4.99. The van der Waals surface area contributed by atoms with Crippen molar-refractivity contribution in [3.8, 4) is 0 Å². The Morgan fingerprint density at radius 2 is 1.89 bits per heavy atom. The minimum absolute atomic E-state index is 0.394. The van der Waals surface area contributed by atoms with Gasteiger partial charge in [0, 0.05) is 0 Å². The molecule has 0 aromatic carbocycles. The molecule has 0 N–H and O–H groups in total. The van der Waals surface area contributed by atoms with Gasteiger partial charge >= 0.3 is 0 Å². The van der Waals surface area contributed by atoms with E-state index in [1.165, 1.54) is 0 Å². The molecule has 1 aliphatic rings. The second kappa shape index (κ2) is 2.17. The first-order valence-electron chi connectivity index (χ1n) is 3.39. The third kappa shape index (κ3) is 1.24. The molecule has 0 unspecified atom stereocenters. The van der Waals surface area contributed by atoms with Gasteiger partial charge in [0.05, 0.1) is 5.41 Å². The monoisotopic (exact) mass is 146 g/mol. The first kappa shape index (κ1) is 7.42. The van der Waals surface area contributed by atoms with Gasteiger partial charge in [0.2, 0.25) is 0 Å². The molecule has 1 saturated heterocycles. The van der Waals surface area contributed by atoms with Gasteiger partial charge in [-0.05, 0) is 5.92 Å². The summed E-state index contributed by atoms with van der Waals surface area (Å²) in [4.78, 5) is 0. The van der Waals surface area contributed by atoms with E-state index < -0.39 is 11.2 Å². The van der Waals surface area contributed by atoms with Crippen molar-refractivity contribution in [3.05, 3.63) is 0 Å². The molecule has 0 amide bonds. The molecule has 0 saturated carbocycles. The fourth-order valence-corrected chi connectivity index (χ4v) is 3.08.